The molecule has 3 rings (SSSR count). The van der Waals surface area contributed by atoms with Crippen LogP contribution in [0.2, 0.25) is 0 Å². The fourth-order valence-electron chi connectivity index (χ4n) is 2.47. The molecule has 2 aromatic carbocycles. The molecule has 0 aromatic heterocycles. The van der Waals surface area contributed by atoms with E-state index in [4.69, 9.17) is 0 Å². The number of hydrogen-bond acceptors (Lipinski definition) is 2. The van der Waals surface area contributed by atoms with Crippen LogP contribution < -0.4 is 5.32 Å². The predicted molar refractivity (Wildman–Crippen MR) is 85.6 cm³/mol. The zero-order chi connectivity index (χ0) is 13.2. The Labute approximate surface area is 126 Å². The molecule has 3 heteroatoms. The lowest BCUT2D eigenvalue weighted by Gasteiger charge is -2.20. The molecule has 2 atom stereocenters. The third kappa shape index (κ3) is 2.88. The van der Waals surface area contributed by atoms with Crippen molar-refractivity contribution in [1.82, 2.24) is 5.32 Å². The van der Waals surface area contributed by atoms with Gasteiger partial charge in [-0.05, 0) is 36.2 Å². The molecular formula is C16H16BrNS. The second-order valence-corrected chi connectivity index (χ2v) is 6.82. The maximum atomic E-state index is 3.74. The van der Waals surface area contributed by atoms with Crippen LogP contribution in [0.25, 0.3) is 0 Å². The van der Waals surface area contributed by atoms with E-state index in [1.54, 1.807) is 0 Å². The van der Waals surface area contributed by atoms with Gasteiger partial charge in [0.1, 0.15) is 0 Å². The predicted octanol–water partition coefficient (Wildman–Crippen LogP) is 4.95. The van der Waals surface area contributed by atoms with Gasteiger partial charge in [0.25, 0.3) is 0 Å². The first-order valence-electron chi connectivity index (χ1n) is 6.47. The second kappa shape index (κ2) is 5.70. The molecule has 2 aromatic rings. The first-order chi connectivity index (χ1) is 9.24. The Hall–Kier alpha value is -0.770. The van der Waals surface area contributed by atoms with E-state index in [-0.39, 0.29) is 0 Å². The van der Waals surface area contributed by atoms with Crippen molar-refractivity contribution in [2.24, 2.45) is 0 Å². The lowest BCUT2D eigenvalue weighted by molar-refractivity contribution is 0.501. The normalized spacial score (nSPS) is 19.2. The first-order valence-corrected chi connectivity index (χ1v) is 8.25. The quantitative estimate of drug-likeness (QED) is 0.853. The van der Waals surface area contributed by atoms with Gasteiger partial charge < -0.3 is 5.32 Å². The summed E-state index contributed by atoms with van der Waals surface area (Å²) >= 11 is 5.48. The summed E-state index contributed by atoms with van der Waals surface area (Å²) in [6, 6.07) is 18.0. The maximum absolute atomic E-state index is 3.74. The standard InChI is InChI=1S/C16H16BrNS/c1-11(12-5-4-6-13(17)9-12)18-15-10-19-16-8-3-2-7-14(15)16/h2-9,11,15,18H,10H2,1H3. The van der Waals surface area contributed by atoms with Crippen molar-refractivity contribution in [2.75, 3.05) is 5.75 Å². The van der Waals surface area contributed by atoms with E-state index in [0.717, 1.165) is 10.2 Å². The zero-order valence-corrected chi connectivity index (χ0v) is 13.2. The Kier molecular flexibility index (Phi) is 3.96. The van der Waals surface area contributed by atoms with Gasteiger partial charge >= 0.3 is 0 Å². The van der Waals surface area contributed by atoms with Crippen LogP contribution in [0.1, 0.15) is 30.1 Å². The van der Waals surface area contributed by atoms with E-state index in [0.29, 0.717) is 12.1 Å². The molecule has 0 saturated heterocycles. The van der Waals surface area contributed by atoms with Gasteiger partial charge in [0.15, 0.2) is 0 Å². The second-order valence-electron chi connectivity index (χ2n) is 4.84. The molecule has 1 N–H and O–H groups in total. The monoisotopic (exact) mass is 333 g/mol. The number of benzene rings is 2. The highest BCUT2D eigenvalue weighted by molar-refractivity contribution is 9.10. The molecule has 98 valence electrons. The minimum Gasteiger partial charge on any atom is -0.303 e. The smallest absolute Gasteiger partial charge is 0.0431 e. The van der Waals surface area contributed by atoms with E-state index >= 15 is 0 Å². The van der Waals surface area contributed by atoms with Gasteiger partial charge in [-0.15, -0.1) is 11.8 Å². The number of fused-ring (bicyclic) bond motifs is 1. The first kappa shape index (κ1) is 13.2. The molecule has 1 nitrogen and oxygen atoms in total. The van der Waals surface area contributed by atoms with Gasteiger partial charge in [0, 0.05) is 27.2 Å². The molecule has 1 aliphatic heterocycles. The van der Waals surface area contributed by atoms with Crippen molar-refractivity contribution in [3.05, 3.63) is 64.1 Å². The van der Waals surface area contributed by atoms with Crippen molar-refractivity contribution in [2.45, 2.75) is 23.9 Å². The van der Waals surface area contributed by atoms with E-state index < -0.39 is 0 Å². The Balaban J connectivity index is 1.76. The average molecular weight is 334 g/mol. The summed E-state index contributed by atoms with van der Waals surface area (Å²) in [4.78, 5) is 1.42. The molecule has 1 aliphatic rings. The van der Waals surface area contributed by atoms with E-state index in [1.165, 1.54) is 16.0 Å². The van der Waals surface area contributed by atoms with Crippen LogP contribution in [0.15, 0.2) is 57.9 Å². The van der Waals surface area contributed by atoms with Crippen LogP contribution in [-0.2, 0) is 0 Å². The number of thioether (sulfide) groups is 1. The fourth-order valence-corrected chi connectivity index (χ4v) is 4.07. The Morgan fingerprint density at radius 1 is 1.21 bits per heavy atom. The van der Waals surface area contributed by atoms with E-state index in [9.17, 15) is 0 Å². The molecule has 2 unspecified atom stereocenters. The Morgan fingerprint density at radius 2 is 2.05 bits per heavy atom. The third-order valence-corrected chi connectivity index (χ3v) is 5.18. The van der Waals surface area contributed by atoms with Crippen LogP contribution in [0, 0.1) is 0 Å². The summed E-state index contributed by atoms with van der Waals surface area (Å²) < 4.78 is 1.14. The molecular weight excluding hydrogens is 318 g/mol. The molecule has 0 amide bonds. The summed E-state index contributed by atoms with van der Waals surface area (Å²) in [6.45, 7) is 2.23. The Morgan fingerprint density at radius 3 is 2.89 bits per heavy atom. The van der Waals surface area contributed by atoms with Crippen LogP contribution in [0.3, 0.4) is 0 Å². The summed E-state index contributed by atoms with van der Waals surface area (Å²) in [5.74, 6) is 1.12. The number of rotatable bonds is 3. The van der Waals surface area contributed by atoms with E-state index in [2.05, 4.69) is 76.7 Å². The Bertz CT molecular complexity index is 584. The summed E-state index contributed by atoms with van der Waals surface area (Å²) in [7, 11) is 0. The minimum absolute atomic E-state index is 0.356. The van der Waals surface area contributed by atoms with Crippen LogP contribution >= 0.6 is 27.7 Å². The van der Waals surface area contributed by atoms with Crippen LogP contribution in [0.5, 0.6) is 0 Å². The largest absolute Gasteiger partial charge is 0.303 e. The molecule has 19 heavy (non-hydrogen) atoms. The van der Waals surface area contributed by atoms with Gasteiger partial charge in [-0.2, -0.15) is 0 Å². The van der Waals surface area contributed by atoms with Gasteiger partial charge in [-0.1, -0.05) is 46.3 Å². The zero-order valence-electron chi connectivity index (χ0n) is 10.8. The molecule has 0 spiro atoms. The lowest BCUT2D eigenvalue weighted by Crippen LogP contribution is -2.24. The fraction of sp³-hybridized carbons (Fsp3) is 0.250. The summed E-state index contributed by atoms with van der Waals surface area (Å²) in [6.07, 6.45) is 0. The highest BCUT2D eigenvalue weighted by Gasteiger charge is 2.23. The highest BCUT2D eigenvalue weighted by Crippen LogP contribution is 2.38. The third-order valence-electron chi connectivity index (χ3n) is 3.50. The van der Waals surface area contributed by atoms with Gasteiger partial charge in [0.05, 0.1) is 0 Å². The van der Waals surface area contributed by atoms with Gasteiger partial charge in [-0.3, -0.25) is 0 Å². The molecule has 0 radical (unpaired) electrons. The molecule has 0 bridgehead atoms. The van der Waals surface area contributed by atoms with E-state index in [1.807, 2.05) is 11.8 Å². The van der Waals surface area contributed by atoms with Gasteiger partial charge in [0.2, 0.25) is 0 Å². The van der Waals surface area contributed by atoms with Crippen molar-refractivity contribution < 1.29 is 0 Å². The number of hydrogen-bond donors (Lipinski definition) is 1. The van der Waals surface area contributed by atoms with Crippen molar-refractivity contribution in [3.8, 4) is 0 Å². The van der Waals surface area contributed by atoms with Crippen LogP contribution in [-0.4, -0.2) is 5.75 Å². The molecule has 0 fully saturated rings. The molecule has 0 aliphatic carbocycles. The minimum atomic E-state index is 0.356. The SMILES string of the molecule is CC(NC1CSc2ccccc21)c1cccc(Br)c1. The van der Waals surface area contributed by atoms with Crippen LogP contribution in [0.4, 0.5) is 0 Å². The maximum Gasteiger partial charge on any atom is 0.0431 e. The topological polar surface area (TPSA) is 12.0 Å². The highest BCUT2D eigenvalue weighted by atomic mass is 79.9. The summed E-state index contributed by atoms with van der Waals surface area (Å²) in [5, 5.41) is 3.74. The summed E-state index contributed by atoms with van der Waals surface area (Å²) in [5.41, 5.74) is 2.76. The van der Waals surface area contributed by atoms with Crippen molar-refractivity contribution in [1.29, 1.82) is 0 Å². The molecule has 1 heterocycles. The number of halogens is 1. The van der Waals surface area contributed by atoms with Gasteiger partial charge in [-0.25, -0.2) is 0 Å². The molecule has 0 saturated carbocycles. The van der Waals surface area contributed by atoms with Crippen molar-refractivity contribution >= 4 is 27.7 Å². The lowest BCUT2D eigenvalue weighted by atomic mass is 10.0. The van der Waals surface area contributed by atoms with Crippen molar-refractivity contribution in [3.63, 3.8) is 0 Å². The average Bonchev–Trinajstić information content (AvgIpc) is 2.82. The number of nitrogens with one attached hydrogen (secondary N) is 1.